The minimum absolute atomic E-state index is 0.132. The fourth-order valence-corrected chi connectivity index (χ4v) is 3.87. The van der Waals surface area contributed by atoms with E-state index in [9.17, 15) is 19.8 Å². The zero-order chi connectivity index (χ0) is 21.4. The number of fused-ring (bicyclic) bond motifs is 3. The smallest absolute Gasteiger partial charge is 0.330 e. The van der Waals surface area contributed by atoms with Gasteiger partial charge in [0.25, 0.3) is 0 Å². The Bertz CT molecular complexity index is 1260. The maximum absolute atomic E-state index is 11.7. The molecule has 2 N–H and O–H groups in total. The summed E-state index contributed by atoms with van der Waals surface area (Å²) in [4.78, 5) is 24.5. The average Bonchev–Trinajstić information content (AvgIpc) is 3.16. The fraction of sp³-hybridized carbons (Fsp3) is 0.174. The first kappa shape index (κ1) is 19.4. The maximum atomic E-state index is 11.7. The van der Waals surface area contributed by atoms with Crippen molar-refractivity contribution in [3.8, 4) is 17.2 Å². The van der Waals surface area contributed by atoms with Crippen molar-refractivity contribution in [3.05, 3.63) is 59.8 Å². The normalized spacial score (nSPS) is 15.6. The molecule has 1 unspecified atom stereocenters. The van der Waals surface area contributed by atoms with Gasteiger partial charge in [-0.2, -0.15) is 0 Å². The Balaban J connectivity index is 1.97. The van der Waals surface area contributed by atoms with Gasteiger partial charge in [0.15, 0.2) is 11.5 Å². The molecule has 0 aromatic heterocycles. The summed E-state index contributed by atoms with van der Waals surface area (Å²) in [5, 5.41) is 22.8. The average molecular weight is 405 g/mol. The first-order chi connectivity index (χ1) is 14.5. The van der Waals surface area contributed by atoms with Crippen molar-refractivity contribution in [2.45, 2.75) is 12.6 Å². The molecule has 0 spiro atoms. The molecule has 152 valence electrons. The number of hydrogen-bond acceptors (Lipinski definition) is 6. The second kappa shape index (κ2) is 7.46. The molecular weight excluding hydrogens is 386 g/mol. The monoisotopic (exact) mass is 405 g/mol. The number of nitrogens with zero attached hydrogens (tertiary/aromatic N) is 1. The molecule has 1 atom stereocenters. The predicted octanol–water partition coefficient (Wildman–Crippen LogP) is 3.26. The second-order valence-corrected chi connectivity index (χ2v) is 6.95. The molecule has 0 saturated carbocycles. The third-order valence-corrected chi connectivity index (χ3v) is 5.31. The number of allylic oxidation sites excluding steroid dienone is 1. The molecule has 0 aliphatic carbocycles. The predicted molar refractivity (Wildman–Crippen MR) is 112 cm³/mol. The highest BCUT2D eigenvalue weighted by atomic mass is 16.5. The van der Waals surface area contributed by atoms with Crippen LogP contribution in [0.3, 0.4) is 0 Å². The Morgan fingerprint density at radius 2 is 1.77 bits per heavy atom. The number of rotatable bonds is 5. The molecule has 30 heavy (non-hydrogen) atoms. The number of carboxylic acid groups (broad SMARTS) is 1. The maximum Gasteiger partial charge on any atom is 0.330 e. The van der Waals surface area contributed by atoms with Gasteiger partial charge in [0.1, 0.15) is 23.4 Å². The van der Waals surface area contributed by atoms with Gasteiger partial charge in [0.05, 0.1) is 14.2 Å². The Hall–Kier alpha value is -3.96. The van der Waals surface area contributed by atoms with Crippen LogP contribution in [0.15, 0.2) is 54.2 Å². The van der Waals surface area contributed by atoms with Crippen molar-refractivity contribution in [1.29, 1.82) is 0 Å². The van der Waals surface area contributed by atoms with Crippen molar-refractivity contribution in [2.24, 2.45) is 0 Å². The zero-order valence-corrected chi connectivity index (χ0v) is 16.4. The Morgan fingerprint density at radius 3 is 2.40 bits per heavy atom. The lowest BCUT2D eigenvalue weighted by molar-refractivity contribution is -0.140. The summed E-state index contributed by atoms with van der Waals surface area (Å²) < 4.78 is 10.9. The van der Waals surface area contributed by atoms with E-state index in [4.69, 9.17) is 9.47 Å². The van der Waals surface area contributed by atoms with E-state index in [1.54, 1.807) is 25.3 Å². The lowest BCUT2D eigenvalue weighted by Gasteiger charge is -2.25. The molecule has 3 aromatic rings. The fourth-order valence-electron chi connectivity index (χ4n) is 3.87. The van der Waals surface area contributed by atoms with E-state index in [0.717, 1.165) is 27.1 Å². The summed E-state index contributed by atoms with van der Waals surface area (Å²) in [7, 11) is 3.08. The lowest BCUT2D eigenvalue weighted by Crippen LogP contribution is -2.35. The molecule has 0 saturated heterocycles. The minimum Gasteiger partial charge on any atom is -0.508 e. The number of aromatic hydroxyl groups is 1. The molecule has 0 amide bonds. The summed E-state index contributed by atoms with van der Waals surface area (Å²) in [6.07, 6.45) is 2.93. The second-order valence-electron chi connectivity index (χ2n) is 6.95. The third kappa shape index (κ3) is 3.11. The van der Waals surface area contributed by atoms with E-state index in [1.165, 1.54) is 24.2 Å². The number of aliphatic carboxylic acids is 1. The molecule has 7 nitrogen and oxygen atoms in total. The number of carbonyl (C=O) groups excluding carboxylic acids is 1. The van der Waals surface area contributed by atoms with E-state index in [2.05, 4.69) is 0 Å². The van der Waals surface area contributed by atoms with Crippen LogP contribution in [0.2, 0.25) is 0 Å². The number of carboxylic acids is 1. The van der Waals surface area contributed by atoms with Gasteiger partial charge in [-0.25, -0.2) is 9.59 Å². The van der Waals surface area contributed by atoms with Crippen LogP contribution in [0.5, 0.6) is 17.2 Å². The summed E-state index contributed by atoms with van der Waals surface area (Å²) in [6.45, 7) is 0.178. The Labute approximate surface area is 172 Å². The number of benzene rings is 3. The van der Waals surface area contributed by atoms with Crippen molar-refractivity contribution < 1.29 is 29.3 Å². The number of phenolic OH excluding ortho intramolecular Hbond substituents is 1. The topological polar surface area (TPSA) is 96.3 Å². The number of hydrogen-bond donors (Lipinski definition) is 2. The molecule has 0 radical (unpaired) electrons. The van der Waals surface area contributed by atoms with Crippen LogP contribution in [0.4, 0.5) is 0 Å². The minimum atomic E-state index is -1.05. The van der Waals surface area contributed by atoms with Crippen LogP contribution in [0, 0.1) is 0 Å². The van der Waals surface area contributed by atoms with E-state index in [1.807, 2.05) is 24.1 Å². The number of ether oxygens (including phenoxy) is 2. The van der Waals surface area contributed by atoms with Gasteiger partial charge in [-0.05, 0) is 69.6 Å². The van der Waals surface area contributed by atoms with Gasteiger partial charge in [0.2, 0.25) is 0 Å². The lowest BCUT2D eigenvalue weighted by atomic mass is 9.95. The van der Waals surface area contributed by atoms with Crippen LogP contribution < -0.4 is 9.47 Å². The van der Waals surface area contributed by atoms with Gasteiger partial charge >= 0.3 is 5.97 Å². The molecule has 0 bridgehead atoms. The number of carbonyl (C=O) groups is 1. The molecule has 1 aliphatic heterocycles. The first-order valence-electron chi connectivity index (χ1n) is 9.20. The summed E-state index contributed by atoms with van der Waals surface area (Å²) in [6, 6.07) is 9.66. The van der Waals surface area contributed by atoms with E-state index in [-0.39, 0.29) is 18.0 Å². The quantitative estimate of drug-likeness (QED) is 0.497. The molecule has 0 fully saturated rings. The molecular formula is C23H19NO6. The zero-order valence-electron chi connectivity index (χ0n) is 16.4. The summed E-state index contributed by atoms with van der Waals surface area (Å²) in [5.41, 5.74) is 0.980. The number of methoxy groups -OCH3 is 2. The molecule has 4 rings (SSSR count). The van der Waals surface area contributed by atoms with Gasteiger partial charge in [0, 0.05) is 6.54 Å². The van der Waals surface area contributed by atoms with Crippen molar-refractivity contribution >= 4 is 33.5 Å². The van der Waals surface area contributed by atoms with Crippen molar-refractivity contribution in [1.82, 2.24) is 4.90 Å². The van der Waals surface area contributed by atoms with Gasteiger partial charge in [-0.15, -0.1) is 0 Å². The van der Waals surface area contributed by atoms with Crippen molar-refractivity contribution in [2.75, 3.05) is 14.2 Å². The summed E-state index contributed by atoms with van der Waals surface area (Å²) in [5.74, 6) is 1.95. The number of phenols is 1. The van der Waals surface area contributed by atoms with Crippen molar-refractivity contribution in [3.63, 3.8) is 0 Å². The van der Waals surface area contributed by atoms with Crippen LogP contribution in [0.1, 0.15) is 5.56 Å². The van der Waals surface area contributed by atoms with Gasteiger partial charge in [-0.1, -0.05) is 6.07 Å². The van der Waals surface area contributed by atoms with Gasteiger partial charge < -0.3 is 24.6 Å². The van der Waals surface area contributed by atoms with E-state index >= 15 is 0 Å². The Kier molecular flexibility index (Phi) is 4.82. The van der Waals surface area contributed by atoms with Gasteiger partial charge in [-0.3, -0.25) is 0 Å². The van der Waals surface area contributed by atoms with Crippen LogP contribution >= 0.6 is 0 Å². The highest BCUT2D eigenvalue weighted by Gasteiger charge is 2.30. The van der Waals surface area contributed by atoms with E-state index < -0.39 is 12.0 Å². The SMILES string of the molecule is COc1cc2c(CN3C(=C=O)C=CC3C(=O)O)cc3ccc(O)cc3c2cc1OC. The largest absolute Gasteiger partial charge is 0.508 e. The van der Waals surface area contributed by atoms with E-state index in [0.29, 0.717) is 11.5 Å². The third-order valence-electron chi connectivity index (χ3n) is 5.31. The highest BCUT2D eigenvalue weighted by Crippen LogP contribution is 2.39. The molecule has 3 aromatic carbocycles. The van der Waals surface area contributed by atoms with Crippen LogP contribution in [-0.4, -0.2) is 47.3 Å². The molecule has 7 heteroatoms. The van der Waals surface area contributed by atoms with Crippen LogP contribution in [-0.2, 0) is 16.1 Å². The first-order valence-corrected chi connectivity index (χ1v) is 9.20. The highest BCUT2D eigenvalue weighted by molar-refractivity contribution is 6.10. The molecule has 1 heterocycles. The molecule has 1 aliphatic rings. The summed E-state index contributed by atoms with van der Waals surface area (Å²) >= 11 is 0. The Morgan fingerprint density at radius 1 is 1.07 bits per heavy atom. The van der Waals surface area contributed by atoms with Crippen LogP contribution in [0.25, 0.3) is 21.5 Å². The standard InChI is InChI=1S/C23H19NO6/c1-29-21-9-18-14(11-24-15(12-25)4-6-20(24)23(27)28)7-13-3-5-16(26)8-17(13)19(18)10-22(21)30-2/h3-10,20,26H,11H2,1-2H3,(H,27,28).